The van der Waals surface area contributed by atoms with E-state index in [1.54, 1.807) is 23.3 Å². The average molecular weight is 1010 g/mol. The molecule has 0 aliphatic heterocycles. The SMILES string of the molecule is Brc1cn[nH]c1.C[C@@]1(O)CC[C@H]2[C@H](CC[C@@H]3[C@@H]2CC[C@]2(C)[C@@H](C(=O)CBr)CC[C@@H]32)C1.C[C@@]1(O)CC[C@H]2[C@H](CC[C@@H]3[C@@H]2CC[C@]2(C)[C@@H](C(=O)Cn4cc(Br)cn4)CC[C@@H]32)C1. The van der Waals surface area contributed by atoms with Crippen LogP contribution in [0.15, 0.2) is 33.7 Å². The number of rotatable bonds is 5. The molecular weight excluding hydrogens is 936 g/mol. The molecule has 8 aliphatic rings. The van der Waals surface area contributed by atoms with Gasteiger partial charge < -0.3 is 10.2 Å². The van der Waals surface area contributed by atoms with Gasteiger partial charge in [-0.15, -0.1) is 0 Å². The Bertz CT molecular complexity index is 1780. The van der Waals surface area contributed by atoms with E-state index in [0.29, 0.717) is 35.3 Å². The van der Waals surface area contributed by atoms with E-state index in [4.69, 9.17) is 0 Å². The molecule has 8 aliphatic carbocycles. The monoisotopic (exact) mass is 1000 g/mol. The van der Waals surface area contributed by atoms with Crippen LogP contribution in [0.25, 0.3) is 0 Å². The van der Waals surface area contributed by atoms with Gasteiger partial charge in [-0.05, 0) is 231 Å². The molecular formula is C48H71Br3N4O4. The lowest BCUT2D eigenvalue weighted by Crippen LogP contribution is -2.51. The van der Waals surface area contributed by atoms with E-state index in [9.17, 15) is 19.8 Å². The fourth-order valence-corrected chi connectivity index (χ4v) is 17.2. The predicted molar refractivity (Wildman–Crippen MR) is 242 cm³/mol. The fraction of sp³-hybridized carbons (Fsp3) is 0.833. The number of aromatic amines is 1. The Labute approximate surface area is 378 Å². The van der Waals surface area contributed by atoms with Gasteiger partial charge in [-0.1, -0.05) is 29.8 Å². The van der Waals surface area contributed by atoms with Crippen molar-refractivity contribution >= 4 is 59.4 Å². The third-order valence-corrected chi connectivity index (χ3v) is 20.2. The third kappa shape index (κ3) is 8.97. The van der Waals surface area contributed by atoms with E-state index < -0.39 is 11.2 Å². The molecule has 0 radical (unpaired) electrons. The van der Waals surface area contributed by atoms with Crippen LogP contribution in [0.2, 0.25) is 0 Å². The standard InChI is InChI=1S/C24H35BrN2O2.C21H33BrO2.C3H3BrN2/c1-23(29)9-7-17-15(11-23)3-4-19-18(17)8-10-24(2)20(19)5-6-21(24)22(28)14-27-13-16(25)12-26-27;1-20(24)9-7-14-13(11-20)3-4-16-15(14)8-10-21(2)17(16)5-6-18(21)19(23)12-22;4-3-1-5-6-2-3/h12-13,15,17-21,29H,3-11,14H2,1-2H3;13-18,24H,3-12H2,1-2H3;1-2H,(H,5,6)/t15-,17+,18-,19-,20+,21-,23-,24+;13-,14+,15-,16-,17+,18-,20-,21+;/m11./s1. The minimum Gasteiger partial charge on any atom is -0.390 e. The zero-order valence-electron chi connectivity index (χ0n) is 36.1. The Morgan fingerprint density at radius 1 is 0.661 bits per heavy atom. The van der Waals surface area contributed by atoms with E-state index in [1.165, 1.54) is 77.0 Å². The molecule has 0 unspecified atom stereocenters. The summed E-state index contributed by atoms with van der Waals surface area (Å²) < 4.78 is 3.71. The van der Waals surface area contributed by atoms with Crippen molar-refractivity contribution in [3.05, 3.63) is 33.7 Å². The molecule has 16 atom stereocenters. The molecule has 59 heavy (non-hydrogen) atoms. The van der Waals surface area contributed by atoms with Crippen molar-refractivity contribution in [3.63, 3.8) is 0 Å². The summed E-state index contributed by atoms with van der Waals surface area (Å²) in [5, 5.41) is 32.2. The van der Waals surface area contributed by atoms with Gasteiger partial charge in [0.1, 0.15) is 5.78 Å². The van der Waals surface area contributed by atoms with Crippen molar-refractivity contribution in [3.8, 4) is 0 Å². The average Bonchev–Trinajstić information content (AvgIpc) is 4.00. The Morgan fingerprint density at radius 2 is 1.17 bits per heavy atom. The molecule has 2 aromatic rings. The summed E-state index contributed by atoms with van der Waals surface area (Å²) in [4.78, 5) is 25.7. The first-order chi connectivity index (χ1) is 28.0. The number of ketones is 2. The van der Waals surface area contributed by atoms with Gasteiger partial charge in [0, 0.05) is 24.2 Å². The highest BCUT2D eigenvalue weighted by atomic mass is 79.9. The van der Waals surface area contributed by atoms with Gasteiger partial charge >= 0.3 is 0 Å². The van der Waals surface area contributed by atoms with Crippen LogP contribution >= 0.6 is 47.8 Å². The number of carbonyl (C=O) groups is 2. The van der Waals surface area contributed by atoms with E-state index in [-0.39, 0.29) is 16.7 Å². The van der Waals surface area contributed by atoms with E-state index in [2.05, 4.69) is 76.9 Å². The highest BCUT2D eigenvalue weighted by Gasteiger charge is 2.60. The lowest BCUT2D eigenvalue weighted by atomic mass is 9.49. The lowest BCUT2D eigenvalue weighted by molar-refractivity contribution is -0.133. The molecule has 8 saturated carbocycles. The molecule has 11 heteroatoms. The number of fused-ring (bicyclic) bond motifs is 10. The van der Waals surface area contributed by atoms with Crippen LogP contribution in [-0.4, -0.2) is 58.3 Å². The highest BCUT2D eigenvalue weighted by molar-refractivity contribution is 9.10. The second kappa shape index (κ2) is 17.6. The second-order valence-electron chi connectivity index (χ2n) is 22.0. The predicted octanol–water partition coefficient (Wildman–Crippen LogP) is 11.4. The van der Waals surface area contributed by atoms with Crippen molar-refractivity contribution in [1.82, 2.24) is 20.0 Å². The summed E-state index contributed by atoms with van der Waals surface area (Å²) in [6.45, 7) is 9.36. The van der Waals surface area contributed by atoms with Gasteiger partial charge in [0.25, 0.3) is 0 Å². The first-order valence-corrected chi connectivity index (χ1v) is 26.1. The number of aliphatic hydroxyl groups is 2. The van der Waals surface area contributed by atoms with Crippen LogP contribution in [0.5, 0.6) is 0 Å². The minimum absolute atomic E-state index is 0.176. The van der Waals surface area contributed by atoms with Crippen molar-refractivity contribution < 1.29 is 19.8 Å². The summed E-state index contributed by atoms with van der Waals surface area (Å²) in [5.41, 5.74) is -0.421. The maximum Gasteiger partial charge on any atom is 0.157 e. The summed E-state index contributed by atoms with van der Waals surface area (Å²) in [6, 6.07) is 0. The first kappa shape index (κ1) is 44.7. The van der Waals surface area contributed by atoms with Crippen LogP contribution in [0.1, 0.15) is 143 Å². The largest absolute Gasteiger partial charge is 0.390 e. The van der Waals surface area contributed by atoms with Crippen molar-refractivity contribution in [1.29, 1.82) is 0 Å². The number of alkyl halides is 1. The maximum absolute atomic E-state index is 13.2. The Kier molecular flexibility index (Phi) is 13.3. The van der Waals surface area contributed by atoms with E-state index >= 15 is 0 Å². The molecule has 3 N–H and O–H groups in total. The topological polar surface area (TPSA) is 121 Å². The molecule has 0 bridgehead atoms. The molecule has 0 amide bonds. The molecule has 328 valence electrons. The van der Waals surface area contributed by atoms with Crippen molar-refractivity contribution in [2.45, 2.75) is 161 Å². The Balaban J connectivity index is 0.000000146. The van der Waals surface area contributed by atoms with E-state index in [0.717, 1.165) is 101 Å². The van der Waals surface area contributed by atoms with Gasteiger partial charge in [0.15, 0.2) is 5.78 Å². The number of H-pyrrole nitrogens is 1. The van der Waals surface area contributed by atoms with Crippen molar-refractivity contribution in [2.24, 2.45) is 81.8 Å². The van der Waals surface area contributed by atoms with Gasteiger partial charge in [0.2, 0.25) is 0 Å². The van der Waals surface area contributed by atoms with E-state index in [1.807, 2.05) is 20.0 Å². The Morgan fingerprint density at radius 3 is 1.59 bits per heavy atom. The van der Waals surface area contributed by atoms with Gasteiger partial charge in [-0.2, -0.15) is 10.2 Å². The quantitative estimate of drug-likeness (QED) is 0.257. The number of aromatic nitrogens is 4. The van der Waals surface area contributed by atoms with Gasteiger partial charge in [-0.3, -0.25) is 19.4 Å². The molecule has 2 heterocycles. The fourth-order valence-electron chi connectivity index (χ4n) is 16.2. The number of nitrogens with one attached hydrogen (secondary N) is 1. The smallest absolute Gasteiger partial charge is 0.157 e. The lowest BCUT2D eigenvalue weighted by Gasteiger charge is -2.56. The summed E-state index contributed by atoms with van der Waals surface area (Å²) in [6.07, 6.45) is 28.6. The van der Waals surface area contributed by atoms with Crippen LogP contribution in [0, 0.1) is 81.8 Å². The second-order valence-corrected chi connectivity index (χ2v) is 24.4. The first-order valence-electron chi connectivity index (χ1n) is 23.4. The molecule has 0 aromatic carbocycles. The molecule has 8 nitrogen and oxygen atoms in total. The summed E-state index contributed by atoms with van der Waals surface area (Å²) >= 11 is 10.0. The highest BCUT2D eigenvalue weighted by Crippen LogP contribution is 2.66. The summed E-state index contributed by atoms with van der Waals surface area (Å²) in [5.74, 6) is 9.29. The number of halogens is 3. The summed E-state index contributed by atoms with van der Waals surface area (Å²) in [7, 11) is 0. The molecule has 2 aromatic heterocycles. The van der Waals surface area contributed by atoms with Crippen LogP contribution in [-0.2, 0) is 16.1 Å². The normalized spacial score (nSPS) is 45.7. The van der Waals surface area contributed by atoms with Gasteiger partial charge in [-0.25, -0.2) is 0 Å². The van der Waals surface area contributed by atoms with Crippen LogP contribution in [0.3, 0.4) is 0 Å². The zero-order valence-corrected chi connectivity index (χ0v) is 40.8. The maximum atomic E-state index is 13.2. The molecule has 8 fully saturated rings. The zero-order chi connectivity index (χ0) is 41.9. The van der Waals surface area contributed by atoms with Gasteiger partial charge in [0.05, 0.1) is 44.4 Å². The van der Waals surface area contributed by atoms with Crippen LogP contribution < -0.4 is 0 Å². The number of hydrogen-bond acceptors (Lipinski definition) is 6. The molecule has 0 saturated heterocycles. The number of hydrogen-bond donors (Lipinski definition) is 3. The minimum atomic E-state index is -0.441. The number of nitrogens with zero attached hydrogens (tertiary/aromatic N) is 3. The number of carbonyl (C=O) groups excluding carboxylic acids is 2. The molecule has 10 rings (SSSR count). The molecule has 0 spiro atoms. The van der Waals surface area contributed by atoms with Crippen LogP contribution in [0.4, 0.5) is 0 Å². The van der Waals surface area contributed by atoms with Crippen molar-refractivity contribution in [2.75, 3.05) is 5.33 Å². The Hall–Kier alpha value is -0.880. The third-order valence-electron chi connectivity index (χ3n) is 18.8. The number of Topliss-reactive ketones (excluding diaryl/α,β-unsaturated/α-hetero) is 2.